The summed E-state index contributed by atoms with van der Waals surface area (Å²) in [6, 6.07) is 7.09. The van der Waals surface area contributed by atoms with Crippen molar-refractivity contribution >= 4 is 33.4 Å². The molecule has 5 fully saturated rings. The highest BCUT2D eigenvalue weighted by atomic mass is 19.4. The highest BCUT2D eigenvalue weighted by Gasteiger charge is 2.55. The van der Waals surface area contributed by atoms with Gasteiger partial charge in [-0.15, -0.1) is 6.42 Å². The van der Waals surface area contributed by atoms with Gasteiger partial charge in [0.15, 0.2) is 5.82 Å². The number of ether oxygens (including phenoxy) is 2. The molecule has 53 heavy (non-hydrogen) atoms. The summed E-state index contributed by atoms with van der Waals surface area (Å²) >= 11 is 0. The molecular formula is C39H38F5N5O4. The molecule has 4 aliphatic heterocycles. The minimum absolute atomic E-state index is 0.0107. The first-order chi connectivity index (χ1) is 25.3. The Morgan fingerprint density at radius 3 is 2.45 bits per heavy atom. The molecule has 1 aliphatic carbocycles. The number of nitrogens with zero attached hydrogens (tertiary/aromatic N) is 5. The molecule has 4 aromatic rings. The average Bonchev–Trinajstić information content (AvgIpc) is 3.88. The lowest BCUT2D eigenvalue weighted by molar-refractivity contribution is -0.199. The molecule has 2 unspecified atom stereocenters. The van der Waals surface area contributed by atoms with Gasteiger partial charge in [-0.25, -0.2) is 8.78 Å². The number of terminal acetylenes is 1. The molecular weight excluding hydrogens is 697 g/mol. The van der Waals surface area contributed by atoms with Gasteiger partial charge >= 0.3 is 18.1 Å². The van der Waals surface area contributed by atoms with Gasteiger partial charge in [0.25, 0.3) is 0 Å². The minimum Gasteiger partial charge on any atom is -0.508 e. The lowest BCUT2D eigenvalue weighted by Gasteiger charge is -2.56. The molecule has 0 radical (unpaired) electrons. The number of amides is 1. The number of piperidine rings is 1. The highest BCUT2D eigenvalue weighted by Crippen LogP contribution is 2.49. The molecule has 2 bridgehead atoms. The summed E-state index contributed by atoms with van der Waals surface area (Å²) in [5.41, 5.74) is -0.370. The molecule has 4 saturated heterocycles. The van der Waals surface area contributed by atoms with Gasteiger partial charge in [0.1, 0.15) is 22.9 Å². The molecule has 9 nitrogen and oxygen atoms in total. The second-order valence-electron chi connectivity index (χ2n) is 15.2. The van der Waals surface area contributed by atoms with E-state index in [4.69, 9.17) is 15.9 Å². The number of halogens is 5. The van der Waals surface area contributed by atoms with Crippen LogP contribution in [0.2, 0.25) is 0 Å². The first-order valence-corrected chi connectivity index (χ1v) is 17.7. The zero-order valence-electron chi connectivity index (χ0n) is 29.3. The Morgan fingerprint density at radius 1 is 1.08 bits per heavy atom. The SMILES string of the molecule is C#Cc1cccc2cc(O)cc(-c3c(F)cc4c(N5CC6CC(C5)N6C(=O)C(F)(F)F)nc(OCC5(CN6CC(CC)(COC)C6)CC5)nc4c3F)c12. The Morgan fingerprint density at radius 2 is 1.81 bits per heavy atom. The number of phenols is 1. The van der Waals surface area contributed by atoms with Gasteiger partial charge in [-0.1, -0.05) is 25.0 Å². The lowest BCUT2D eigenvalue weighted by atomic mass is 9.77. The van der Waals surface area contributed by atoms with E-state index in [2.05, 4.69) is 27.7 Å². The molecule has 1 amide bonds. The van der Waals surface area contributed by atoms with Crippen molar-refractivity contribution in [2.24, 2.45) is 10.8 Å². The van der Waals surface area contributed by atoms with Crippen LogP contribution in [-0.4, -0.2) is 102 Å². The summed E-state index contributed by atoms with van der Waals surface area (Å²) in [6.45, 7) is 5.64. The van der Waals surface area contributed by atoms with E-state index in [0.29, 0.717) is 29.4 Å². The van der Waals surface area contributed by atoms with Gasteiger partial charge in [0, 0.05) is 72.6 Å². The second-order valence-corrected chi connectivity index (χ2v) is 15.2. The predicted octanol–water partition coefficient (Wildman–Crippen LogP) is 6.28. The number of anilines is 1. The Labute approximate surface area is 302 Å². The van der Waals surface area contributed by atoms with E-state index < -0.39 is 41.4 Å². The lowest BCUT2D eigenvalue weighted by Crippen LogP contribution is -2.72. The van der Waals surface area contributed by atoms with Crippen molar-refractivity contribution in [1.29, 1.82) is 0 Å². The first kappa shape index (κ1) is 35.3. The number of benzene rings is 3. The minimum atomic E-state index is -5.02. The van der Waals surface area contributed by atoms with E-state index in [0.717, 1.165) is 49.9 Å². The van der Waals surface area contributed by atoms with Crippen molar-refractivity contribution in [3.63, 3.8) is 0 Å². The largest absolute Gasteiger partial charge is 0.508 e. The number of carbonyl (C=O) groups is 1. The van der Waals surface area contributed by atoms with Crippen molar-refractivity contribution in [1.82, 2.24) is 19.8 Å². The number of likely N-dealkylation sites (tertiary alicyclic amines) is 1. The Balaban J connectivity index is 1.17. The summed E-state index contributed by atoms with van der Waals surface area (Å²) < 4.78 is 85.1. The predicted molar refractivity (Wildman–Crippen MR) is 188 cm³/mol. The normalized spacial score (nSPS) is 21.6. The summed E-state index contributed by atoms with van der Waals surface area (Å²) in [6.07, 6.45) is 3.95. The number of methoxy groups -OCH3 is 1. The van der Waals surface area contributed by atoms with Crippen LogP contribution in [0.3, 0.4) is 0 Å². The van der Waals surface area contributed by atoms with Crippen molar-refractivity contribution in [3.8, 4) is 35.2 Å². The van der Waals surface area contributed by atoms with Crippen LogP contribution in [0.5, 0.6) is 11.8 Å². The van der Waals surface area contributed by atoms with Crippen LogP contribution in [0.4, 0.5) is 27.8 Å². The van der Waals surface area contributed by atoms with Crippen molar-refractivity contribution < 1.29 is 41.3 Å². The molecule has 3 aromatic carbocycles. The number of alkyl halides is 3. The molecule has 1 saturated carbocycles. The second kappa shape index (κ2) is 12.7. The van der Waals surface area contributed by atoms with Gasteiger partial charge in [-0.3, -0.25) is 4.79 Å². The zero-order valence-corrected chi connectivity index (χ0v) is 29.3. The number of aromatic hydroxyl groups is 1. The molecule has 1 N–H and O–H groups in total. The topological polar surface area (TPSA) is 91.3 Å². The number of phenolic OH excluding ortho intramolecular Hbond substituents is 1. The summed E-state index contributed by atoms with van der Waals surface area (Å²) in [4.78, 5) is 26.1. The van der Waals surface area contributed by atoms with Crippen molar-refractivity contribution in [3.05, 3.63) is 53.6 Å². The van der Waals surface area contributed by atoms with Crippen LogP contribution in [0.1, 0.15) is 38.2 Å². The number of rotatable bonds is 10. The van der Waals surface area contributed by atoms with Gasteiger partial charge in [-0.05, 0) is 55.3 Å². The first-order valence-electron chi connectivity index (χ1n) is 17.7. The van der Waals surface area contributed by atoms with Crippen LogP contribution in [0, 0.1) is 34.8 Å². The standard InChI is InChI=1S/C39H38F5N5O4/c1-4-22-7-6-8-23-11-26(50)13-27(30(22)23)31-29(40)14-28-33(32(31)41)45-36(53-21-38(9-10-38)19-47-17-37(5-2,18-47)20-52-3)46-34(28)48-15-24-12-25(16-48)49(24)35(51)39(42,43)44/h1,6-8,11,13-14,24-25,50H,5,9-10,12,15-21H2,2-3H3. The van der Waals surface area contributed by atoms with Crippen LogP contribution in [-0.2, 0) is 9.53 Å². The van der Waals surface area contributed by atoms with Crippen LogP contribution < -0.4 is 9.64 Å². The summed E-state index contributed by atoms with van der Waals surface area (Å²) in [5, 5.41) is 11.4. The molecule has 14 heteroatoms. The monoisotopic (exact) mass is 735 g/mol. The third-order valence-corrected chi connectivity index (χ3v) is 11.5. The molecule has 278 valence electrons. The molecule has 1 aromatic heterocycles. The average molecular weight is 736 g/mol. The fourth-order valence-corrected chi connectivity index (χ4v) is 8.66. The van der Waals surface area contributed by atoms with Gasteiger partial charge in [0.05, 0.1) is 30.9 Å². The maximum atomic E-state index is 17.0. The van der Waals surface area contributed by atoms with Crippen LogP contribution in [0.15, 0.2) is 36.4 Å². The fraction of sp³-hybridized carbons (Fsp3) is 0.462. The summed E-state index contributed by atoms with van der Waals surface area (Å²) in [5.74, 6) is -1.51. The maximum absolute atomic E-state index is 17.0. The van der Waals surface area contributed by atoms with Crippen LogP contribution in [0.25, 0.3) is 32.8 Å². The number of hydrogen-bond acceptors (Lipinski definition) is 8. The number of hydrogen-bond donors (Lipinski definition) is 1. The van der Waals surface area contributed by atoms with E-state index in [9.17, 15) is 23.1 Å². The van der Waals surface area contributed by atoms with E-state index in [1.165, 1.54) is 12.1 Å². The number of fused-ring (bicyclic) bond motifs is 4. The molecule has 2 atom stereocenters. The third kappa shape index (κ3) is 6.07. The Kier molecular flexibility index (Phi) is 8.45. The summed E-state index contributed by atoms with van der Waals surface area (Å²) in [7, 11) is 1.71. The smallest absolute Gasteiger partial charge is 0.471 e. The molecule has 5 heterocycles. The number of aromatic nitrogens is 2. The number of piperazine rings is 1. The van der Waals surface area contributed by atoms with Crippen molar-refractivity contribution in [2.45, 2.75) is 50.9 Å². The van der Waals surface area contributed by atoms with E-state index in [1.807, 2.05) is 0 Å². The van der Waals surface area contributed by atoms with E-state index in [-0.39, 0.29) is 64.6 Å². The van der Waals surface area contributed by atoms with E-state index in [1.54, 1.807) is 30.2 Å². The zero-order chi connectivity index (χ0) is 37.4. The third-order valence-electron chi connectivity index (χ3n) is 11.5. The van der Waals surface area contributed by atoms with Gasteiger partial charge in [-0.2, -0.15) is 23.1 Å². The van der Waals surface area contributed by atoms with E-state index >= 15 is 8.78 Å². The van der Waals surface area contributed by atoms with Gasteiger partial charge in [0.2, 0.25) is 0 Å². The van der Waals surface area contributed by atoms with Crippen molar-refractivity contribution in [2.75, 3.05) is 57.9 Å². The Bertz CT molecular complexity index is 2170. The number of carbonyl (C=O) groups excluding carboxylic acids is 1. The molecule has 5 aliphatic rings. The fourth-order valence-electron chi connectivity index (χ4n) is 8.66. The highest BCUT2D eigenvalue weighted by molar-refractivity contribution is 6.04. The van der Waals surface area contributed by atoms with Crippen LogP contribution >= 0.6 is 0 Å². The molecule has 0 spiro atoms. The van der Waals surface area contributed by atoms with Gasteiger partial charge < -0.3 is 29.3 Å². The Hall–Kier alpha value is -4.74. The maximum Gasteiger partial charge on any atom is 0.471 e. The molecule has 9 rings (SSSR count). The quantitative estimate of drug-likeness (QED) is 0.150.